The van der Waals surface area contributed by atoms with E-state index in [1.165, 1.54) is 5.69 Å². The van der Waals surface area contributed by atoms with Gasteiger partial charge in [-0.2, -0.15) is 0 Å². The molecule has 0 unspecified atom stereocenters. The zero-order valence-corrected chi connectivity index (χ0v) is 18.5. The lowest BCUT2D eigenvalue weighted by atomic mass is 10.2. The minimum atomic E-state index is -1.52. The van der Waals surface area contributed by atoms with Crippen molar-refractivity contribution in [2.24, 2.45) is 0 Å². The summed E-state index contributed by atoms with van der Waals surface area (Å²) in [4.78, 5) is 8.48. The van der Waals surface area contributed by atoms with Crippen LogP contribution < -0.4 is 4.98 Å². The van der Waals surface area contributed by atoms with E-state index < -0.39 is 16.5 Å². The molecule has 1 N–H and O–H groups in total. The summed E-state index contributed by atoms with van der Waals surface area (Å²) < 4.78 is 2.41. The highest BCUT2D eigenvalue weighted by Crippen LogP contribution is 2.37. The predicted molar refractivity (Wildman–Crippen MR) is 104 cm³/mol. The molecule has 0 spiro atoms. The van der Waals surface area contributed by atoms with Gasteiger partial charge in [-0.25, -0.2) is 4.98 Å². The van der Waals surface area contributed by atoms with E-state index in [1.807, 2.05) is 0 Å². The van der Waals surface area contributed by atoms with E-state index >= 15 is 0 Å². The highest BCUT2D eigenvalue weighted by atomic mass is 28.3. The van der Waals surface area contributed by atoms with E-state index in [0.717, 1.165) is 13.0 Å². The van der Waals surface area contributed by atoms with Crippen molar-refractivity contribution in [1.29, 1.82) is 0 Å². The Balaban J connectivity index is 2.68. The minimum Gasteiger partial charge on any atom is -0.364 e. The molecule has 0 bridgehead atoms. The Morgan fingerprint density at radius 2 is 1.55 bits per heavy atom. The summed E-state index contributed by atoms with van der Waals surface area (Å²) in [5, 5.41) is 0.720. The zero-order chi connectivity index (χ0) is 17.4. The van der Waals surface area contributed by atoms with E-state index in [-0.39, 0.29) is 0 Å². The summed E-state index contributed by atoms with van der Waals surface area (Å²) in [5.74, 6) is 0. The molecule has 1 aromatic rings. The van der Waals surface area contributed by atoms with Crippen LogP contribution in [0.25, 0.3) is 0 Å². The molecular weight excluding hydrogens is 302 g/mol. The molecule has 22 heavy (non-hydrogen) atoms. The van der Waals surface area contributed by atoms with Gasteiger partial charge in [0.1, 0.15) is 8.24 Å². The fourth-order valence-corrected chi connectivity index (χ4v) is 4.83. The van der Waals surface area contributed by atoms with Gasteiger partial charge in [0.05, 0.1) is 12.0 Å². The number of imidazole rings is 1. The summed E-state index contributed by atoms with van der Waals surface area (Å²) in [6.45, 7) is 24.8. The SMILES string of the molecule is CC(C)(C)[Si](C)(C)NCCc1cn([Si](C)(C)C(C)(C)C)cn1. The van der Waals surface area contributed by atoms with Crippen LogP contribution in [-0.4, -0.2) is 32.2 Å². The maximum Gasteiger partial charge on any atom is 0.162 e. The van der Waals surface area contributed by atoms with Gasteiger partial charge in [0, 0.05) is 12.6 Å². The summed E-state index contributed by atoms with van der Waals surface area (Å²) in [6.07, 6.45) is 5.36. The van der Waals surface area contributed by atoms with E-state index in [4.69, 9.17) is 0 Å². The molecule has 1 aromatic heterocycles. The van der Waals surface area contributed by atoms with Crippen LogP contribution in [0.5, 0.6) is 0 Å². The van der Waals surface area contributed by atoms with Crippen LogP contribution in [0.15, 0.2) is 12.5 Å². The lowest BCUT2D eigenvalue weighted by Crippen LogP contribution is -2.52. The maximum atomic E-state index is 4.65. The molecule has 3 nitrogen and oxygen atoms in total. The first-order chi connectivity index (χ1) is 9.68. The average Bonchev–Trinajstić information content (AvgIpc) is 2.74. The second-order valence-electron chi connectivity index (χ2n) is 9.63. The van der Waals surface area contributed by atoms with Crippen molar-refractivity contribution in [3.05, 3.63) is 18.2 Å². The number of hydrogen-bond donors (Lipinski definition) is 1. The molecule has 128 valence electrons. The Kier molecular flexibility index (Phi) is 5.58. The lowest BCUT2D eigenvalue weighted by molar-refractivity contribution is 0.681. The van der Waals surface area contributed by atoms with E-state index in [2.05, 4.69) is 94.5 Å². The molecule has 0 saturated heterocycles. The van der Waals surface area contributed by atoms with Crippen LogP contribution in [0.2, 0.25) is 36.3 Å². The van der Waals surface area contributed by atoms with Crippen molar-refractivity contribution in [3.8, 4) is 0 Å². The molecule has 0 atom stereocenters. The number of aromatic nitrogens is 2. The molecule has 0 amide bonds. The molecule has 1 rings (SSSR count). The largest absolute Gasteiger partial charge is 0.364 e. The van der Waals surface area contributed by atoms with Crippen LogP contribution in [0, 0.1) is 0 Å². The first kappa shape index (κ1) is 19.7. The van der Waals surface area contributed by atoms with Crippen molar-refractivity contribution in [2.45, 2.75) is 84.2 Å². The van der Waals surface area contributed by atoms with Gasteiger partial charge in [0.2, 0.25) is 0 Å². The molecule has 0 aliphatic rings. The maximum absolute atomic E-state index is 4.65. The molecule has 5 heteroatoms. The molecule has 0 aliphatic carbocycles. The van der Waals surface area contributed by atoms with Gasteiger partial charge in [-0.1, -0.05) is 67.7 Å². The van der Waals surface area contributed by atoms with Crippen molar-refractivity contribution in [1.82, 2.24) is 14.2 Å². The highest BCUT2D eigenvalue weighted by Gasteiger charge is 2.37. The first-order valence-corrected chi connectivity index (χ1v) is 14.4. The van der Waals surface area contributed by atoms with E-state index in [0.29, 0.717) is 10.1 Å². The lowest BCUT2D eigenvalue weighted by Gasteiger charge is -2.37. The van der Waals surface area contributed by atoms with Crippen LogP contribution in [0.4, 0.5) is 0 Å². The monoisotopic (exact) mass is 339 g/mol. The minimum absolute atomic E-state index is 0.338. The Morgan fingerprint density at radius 1 is 1.00 bits per heavy atom. The third-order valence-electron chi connectivity index (χ3n) is 5.94. The normalized spacial score (nSPS) is 14.5. The van der Waals surface area contributed by atoms with Gasteiger partial charge in [-0.15, -0.1) is 0 Å². The van der Waals surface area contributed by atoms with E-state index in [1.54, 1.807) is 0 Å². The average molecular weight is 340 g/mol. The standard InChI is InChI=1S/C17H37N3Si2/c1-16(2,3)21(7,8)19-12-11-15-13-20(14-18-15)22(9,10)17(4,5)6/h13-14,19H,11-12H2,1-10H3. The van der Waals surface area contributed by atoms with Gasteiger partial charge >= 0.3 is 0 Å². The van der Waals surface area contributed by atoms with Crippen LogP contribution in [0.3, 0.4) is 0 Å². The summed E-state index contributed by atoms with van der Waals surface area (Å²) in [7, 11) is -2.92. The van der Waals surface area contributed by atoms with Gasteiger partial charge < -0.3 is 9.22 Å². The Labute approximate surface area is 140 Å². The van der Waals surface area contributed by atoms with Gasteiger partial charge in [-0.3, -0.25) is 0 Å². The third kappa shape index (κ3) is 4.33. The van der Waals surface area contributed by atoms with Crippen molar-refractivity contribution < 1.29 is 0 Å². The van der Waals surface area contributed by atoms with E-state index in [9.17, 15) is 0 Å². The Morgan fingerprint density at radius 3 is 2.00 bits per heavy atom. The summed E-state index contributed by atoms with van der Waals surface area (Å²) in [5.41, 5.74) is 1.22. The van der Waals surface area contributed by atoms with Crippen molar-refractivity contribution in [3.63, 3.8) is 0 Å². The molecule has 0 fully saturated rings. The molecule has 0 aliphatic heterocycles. The van der Waals surface area contributed by atoms with Crippen molar-refractivity contribution >= 4 is 16.5 Å². The topological polar surface area (TPSA) is 29.9 Å². The molecule has 1 heterocycles. The second-order valence-corrected chi connectivity index (χ2v) is 19.9. The number of nitrogens with zero attached hydrogens (tertiary/aromatic N) is 2. The third-order valence-corrected chi connectivity index (χ3v) is 16.0. The van der Waals surface area contributed by atoms with Gasteiger partial charge in [-0.05, 0) is 16.6 Å². The first-order valence-electron chi connectivity index (χ1n) is 8.47. The number of nitrogens with one attached hydrogen (secondary N) is 1. The zero-order valence-electron chi connectivity index (χ0n) is 16.5. The second kappa shape index (κ2) is 6.25. The number of rotatable bonds is 5. The van der Waals surface area contributed by atoms with Crippen molar-refractivity contribution in [2.75, 3.05) is 6.54 Å². The molecular formula is C17H37N3Si2. The molecule has 0 saturated carbocycles. The fraction of sp³-hybridized carbons (Fsp3) is 0.824. The van der Waals surface area contributed by atoms with Gasteiger partial charge in [0.15, 0.2) is 8.24 Å². The van der Waals surface area contributed by atoms with Crippen LogP contribution in [-0.2, 0) is 6.42 Å². The Hall–Kier alpha value is -0.396. The summed E-state index contributed by atoms with van der Waals surface area (Å²) in [6, 6.07) is 0. The van der Waals surface area contributed by atoms with Gasteiger partial charge in [0.25, 0.3) is 0 Å². The Bertz CT molecular complexity index is 491. The number of hydrogen-bond acceptors (Lipinski definition) is 2. The van der Waals surface area contributed by atoms with Crippen LogP contribution in [0.1, 0.15) is 47.2 Å². The highest BCUT2D eigenvalue weighted by molar-refractivity contribution is 6.78. The smallest absolute Gasteiger partial charge is 0.162 e. The molecule has 0 aromatic carbocycles. The van der Waals surface area contributed by atoms with Crippen LogP contribution >= 0.6 is 0 Å². The summed E-state index contributed by atoms with van der Waals surface area (Å²) >= 11 is 0. The molecule has 0 radical (unpaired) electrons. The fourth-order valence-electron chi connectivity index (χ4n) is 1.95. The quantitative estimate of drug-likeness (QED) is 0.775. The predicted octanol–water partition coefficient (Wildman–Crippen LogP) is 4.87.